The van der Waals surface area contributed by atoms with E-state index >= 15 is 0 Å². The molecule has 2 heterocycles. The molecule has 2 nitrogen and oxygen atoms in total. The van der Waals surface area contributed by atoms with Gasteiger partial charge < -0.3 is 10.2 Å². The summed E-state index contributed by atoms with van der Waals surface area (Å²) in [6.07, 6.45) is 2.35. The van der Waals surface area contributed by atoms with E-state index in [0.717, 1.165) is 29.7 Å². The van der Waals surface area contributed by atoms with Gasteiger partial charge in [0.2, 0.25) is 0 Å². The second-order valence-corrected chi connectivity index (χ2v) is 6.00. The number of hydrogen-bond acceptors (Lipinski definition) is 2. The quantitative estimate of drug-likeness (QED) is 0.780. The van der Waals surface area contributed by atoms with Gasteiger partial charge in [0.05, 0.1) is 0 Å². The predicted octanol–water partition coefficient (Wildman–Crippen LogP) is 3.06. The Kier molecular flexibility index (Phi) is 2.77. The summed E-state index contributed by atoms with van der Waals surface area (Å²) in [5.74, 6) is 0. The number of rotatable bonds is 0. The molecule has 0 amide bonds. The van der Waals surface area contributed by atoms with Crippen LogP contribution in [-0.2, 0) is 5.41 Å². The number of halogens is 2. The molecule has 2 aliphatic rings. The lowest BCUT2D eigenvalue weighted by molar-refractivity contribution is 0.419. The molecule has 17 heavy (non-hydrogen) atoms. The van der Waals surface area contributed by atoms with Gasteiger partial charge in [0.25, 0.3) is 0 Å². The van der Waals surface area contributed by atoms with Crippen molar-refractivity contribution < 1.29 is 0 Å². The van der Waals surface area contributed by atoms with Gasteiger partial charge in [-0.2, -0.15) is 0 Å². The fourth-order valence-corrected chi connectivity index (χ4v) is 3.87. The van der Waals surface area contributed by atoms with E-state index in [9.17, 15) is 0 Å². The molecule has 0 radical (unpaired) electrons. The van der Waals surface area contributed by atoms with Gasteiger partial charge in [-0.3, -0.25) is 0 Å². The first kappa shape index (κ1) is 11.6. The minimum Gasteiger partial charge on any atom is -0.374 e. The highest BCUT2D eigenvalue weighted by atomic mass is 35.5. The van der Waals surface area contributed by atoms with Crippen molar-refractivity contribution in [2.45, 2.75) is 18.3 Å². The fourth-order valence-electron chi connectivity index (χ4n) is 3.18. The monoisotopic (exact) mass is 270 g/mol. The molecule has 0 aromatic heterocycles. The molecule has 1 saturated heterocycles. The van der Waals surface area contributed by atoms with Gasteiger partial charge in [-0.05, 0) is 31.5 Å². The Morgan fingerprint density at radius 1 is 1.29 bits per heavy atom. The molecule has 1 aromatic rings. The van der Waals surface area contributed by atoms with Crippen LogP contribution in [0.15, 0.2) is 12.1 Å². The van der Waals surface area contributed by atoms with Crippen LogP contribution in [0.1, 0.15) is 18.4 Å². The van der Waals surface area contributed by atoms with Gasteiger partial charge in [-0.1, -0.05) is 23.2 Å². The smallest absolute Gasteiger partial charge is 0.0479 e. The average molecular weight is 271 g/mol. The number of benzene rings is 1. The third-order valence-electron chi connectivity index (χ3n) is 4.15. The van der Waals surface area contributed by atoms with Crippen molar-refractivity contribution in [1.29, 1.82) is 0 Å². The van der Waals surface area contributed by atoms with Crippen molar-refractivity contribution in [1.82, 2.24) is 5.32 Å². The topological polar surface area (TPSA) is 15.3 Å². The number of nitrogens with zero attached hydrogens (tertiary/aromatic N) is 1. The first-order valence-electron chi connectivity index (χ1n) is 6.04. The van der Waals surface area contributed by atoms with Crippen LogP contribution in [0.25, 0.3) is 0 Å². The molecule has 4 heteroatoms. The van der Waals surface area contributed by atoms with Crippen molar-refractivity contribution in [3.8, 4) is 0 Å². The Balaban J connectivity index is 2.20. The Bertz CT molecular complexity index is 453. The van der Waals surface area contributed by atoms with Crippen LogP contribution >= 0.6 is 23.2 Å². The molecule has 1 N–H and O–H groups in total. The summed E-state index contributed by atoms with van der Waals surface area (Å²) in [5.41, 5.74) is 2.73. The van der Waals surface area contributed by atoms with E-state index in [1.165, 1.54) is 24.1 Å². The first-order valence-corrected chi connectivity index (χ1v) is 6.79. The van der Waals surface area contributed by atoms with Crippen LogP contribution in [-0.4, -0.2) is 26.7 Å². The zero-order valence-electron chi connectivity index (χ0n) is 9.89. The van der Waals surface area contributed by atoms with Gasteiger partial charge in [0, 0.05) is 46.8 Å². The molecule has 1 spiro atoms. The average Bonchev–Trinajstić information content (AvgIpc) is 2.72. The molecule has 2 aliphatic heterocycles. The van der Waals surface area contributed by atoms with Gasteiger partial charge in [0.1, 0.15) is 0 Å². The molecule has 0 bridgehead atoms. The summed E-state index contributed by atoms with van der Waals surface area (Å²) in [5, 5.41) is 5.02. The van der Waals surface area contributed by atoms with Crippen molar-refractivity contribution >= 4 is 28.9 Å². The number of anilines is 1. The summed E-state index contributed by atoms with van der Waals surface area (Å²) in [6.45, 7) is 3.20. The molecule has 1 unspecified atom stereocenters. The SMILES string of the molecule is CN1CCC2(CCNC2)c2c(Cl)cc(Cl)cc21. The fraction of sp³-hybridized carbons (Fsp3) is 0.538. The third-order valence-corrected chi connectivity index (χ3v) is 4.66. The Labute approximate surface area is 112 Å². The number of fused-ring (bicyclic) bond motifs is 2. The van der Waals surface area contributed by atoms with Crippen LogP contribution in [0.4, 0.5) is 5.69 Å². The molecule has 1 aromatic carbocycles. The maximum atomic E-state index is 6.44. The number of hydrogen-bond donors (Lipinski definition) is 1. The molecular weight excluding hydrogens is 255 g/mol. The summed E-state index contributed by atoms with van der Waals surface area (Å²) in [7, 11) is 2.11. The van der Waals surface area contributed by atoms with E-state index in [4.69, 9.17) is 23.2 Å². The van der Waals surface area contributed by atoms with Gasteiger partial charge in [0.15, 0.2) is 0 Å². The van der Waals surface area contributed by atoms with E-state index in [0.29, 0.717) is 0 Å². The third kappa shape index (κ3) is 1.74. The van der Waals surface area contributed by atoms with Crippen LogP contribution in [0, 0.1) is 0 Å². The predicted molar refractivity (Wildman–Crippen MR) is 73.5 cm³/mol. The maximum Gasteiger partial charge on any atom is 0.0479 e. The summed E-state index contributed by atoms with van der Waals surface area (Å²) < 4.78 is 0. The normalized spacial score (nSPS) is 27.6. The van der Waals surface area contributed by atoms with Gasteiger partial charge in [-0.15, -0.1) is 0 Å². The molecular formula is C13H16Cl2N2. The lowest BCUT2D eigenvalue weighted by atomic mass is 9.73. The first-order chi connectivity index (χ1) is 8.12. The Morgan fingerprint density at radius 2 is 2.12 bits per heavy atom. The van der Waals surface area contributed by atoms with E-state index < -0.39 is 0 Å². The highest BCUT2D eigenvalue weighted by Crippen LogP contribution is 2.47. The molecule has 0 aliphatic carbocycles. The lowest BCUT2D eigenvalue weighted by Gasteiger charge is -2.41. The van der Waals surface area contributed by atoms with Crippen LogP contribution in [0.5, 0.6) is 0 Å². The standard InChI is InChI=1S/C13H16Cl2N2/c1-17-5-3-13(2-4-16-8-13)12-10(15)6-9(14)7-11(12)17/h6-7,16H,2-5,8H2,1H3. The van der Waals surface area contributed by atoms with E-state index in [1.54, 1.807) is 0 Å². The van der Waals surface area contributed by atoms with Crippen molar-refractivity contribution in [3.05, 3.63) is 27.7 Å². The van der Waals surface area contributed by atoms with Gasteiger partial charge in [-0.25, -0.2) is 0 Å². The molecule has 3 rings (SSSR count). The summed E-state index contributed by atoms with van der Waals surface area (Å²) >= 11 is 12.6. The van der Waals surface area contributed by atoms with Crippen molar-refractivity contribution in [2.75, 3.05) is 31.6 Å². The highest BCUT2D eigenvalue weighted by Gasteiger charge is 2.42. The van der Waals surface area contributed by atoms with E-state index in [2.05, 4.69) is 17.3 Å². The van der Waals surface area contributed by atoms with Crippen molar-refractivity contribution in [2.24, 2.45) is 0 Å². The summed E-state index contributed by atoms with van der Waals surface area (Å²) in [6, 6.07) is 3.92. The number of nitrogens with one attached hydrogen (secondary N) is 1. The highest BCUT2D eigenvalue weighted by molar-refractivity contribution is 6.35. The minimum absolute atomic E-state index is 0.226. The Morgan fingerprint density at radius 3 is 2.82 bits per heavy atom. The van der Waals surface area contributed by atoms with E-state index in [1.807, 2.05) is 12.1 Å². The second kappa shape index (κ2) is 4.04. The maximum absolute atomic E-state index is 6.44. The van der Waals surface area contributed by atoms with Crippen molar-refractivity contribution in [3.63, 3.8) is 0 Å². The Hall–Kier alpha value is -0.440. The molecule has 92 valence electrons. The molecule has 0 saturated carbocycles. The largest absolute Gasteiger partial charge is 0.374 e. The van der Waals surface area contributed by atoms with Crippen LogP contribution in [0.2, 0.25) is 10.0 Å². The van der Waals surface area contributed by atoms with Gasteiger partial charge >= 0.3 is 0 Å². The second-order valence-electron chi connectivity index (χ2n) is 5.16. The summed E-state index contributed by atoms with van der Waals surface area (Å²) in [4.78, 5) is 2.26. The van der Waals surface area contributed by atoms with E-state index in [-0.39, 0.29) is 5.41 Å². The zero-order valence-corrected chi connectivity index (χ0v) is 11.4. The lowest BCUT2D eigenvalue weighted by Crippen LogP contribution is -2.40. The van der Waals surface area contributed by atoms with Crippen LogP contribution in [0.3, 0.4) is 0 Å². The van der Waals surface area contributed by atoms with Crippen LogP contribution < -0.4 is 10.2 Å². The minimum atomic E-state index is 0.226. The zero-order chi connectivity index (χ0) is 12.0. The molecule has 1 atom stereocenters. The molecule has 1 fully saturated rings.